The van der Waals surface area contributed by atoms with E-state index in [1.165, 1.54) is 12.8 Å². The van der Waals surface area contributed by atoms with E-state index in [0.29, 0.717) is 37.0 Å². The molecule has 0 unspecified atom stereocenters. The van der Waals surface area contributed by atoms with Crippen LogP contribution >= 0.6 is 0 Å². The number of ether oxygens (including phenoxy) is 2. The number of nitrogens with one attached hydrogen (secondary N) is 2. The summed E-state index contributed by atoms with van der Waals surface area (Å²) in [4.78, 5) is 17.9. The maximum absolute atomic E-state index is 13.2. The molecule has 1 amide bonds. The third kappa shape index (κ3) is 6.43. The molecular formula is C26H31N3O4. The van der Waals surface area contributed by atoms with Gasteiger partial charge < -0.3 is 14.6 Å². The van der Waals surface area contributed by atoms with E-state index in [1.807, 2.05) is 66.7 Å². The zero-order valence-corrected chi connectivity index (χ0v) is 18.7. The zero-order chi connectivity index (χ0) is 22.9. The van der Waals surface area contributed by atoms with Gasteiger partial charge in [-0.15, -0.1) is 0 Å². The van der Waals surface area contributed by atoms with Crippen molar-refractivity contribution in [3.05, 3.63) is 71.8 Å². The zero-order valence-electron chi connectivity index (χ0n) is 18.7. The van der Waals surface area contributed by atoms with Crippen LogP contribution < -0.4 is 15.6 Å². The topological polar surface area (TPSA) is 92.2 Å². The molecule has 0 radical (unpaired) electrons. The van der Waals surface area contributed by atoms with E-state index in [2.05, 4.69) is 10.9 Å². The summed E-state index contributed by atoms with van der Waals surface area (Å²) in [5.41, 5.74) is 6.73. The van der Waals surface area contributed by atoms with E-state index in [-0.39, 0.29) is 19.1 Å². The molecule has 4 rings (SSSR count). The molecule has 33 heavy (non-hydrogen) atoms. The Morgan fingerprint density at radius 1 is 1.18 bits per heavy atom. The number of nitrogens with zero attached hydrogens (tertiary/aromatic N) is 1. The summed E-state index contributed by atoms with van der Waals surface area (Å²) in [6.07, 6.45) is 7.39. The minimum absolute atomic E-state index is 0.0983. The molecule has 0 spiro atoms. The molecule has 1 aliphatic heterocycles. The number of carbonyl (C=O) groups is 1. The summed E-state index contributed by atoms with van der Waals surface area (Å²) in [5.74, 6) is 1.61. The molecule has 2 aromatic rings. The first-order valence-electron chi connectivity index (χ1n) is 11.5. The number of rotatable bonds is 12. The Hall–Kier alpha value is -3.16. The number of aliphatic imine (C=N–C) groups is 1. The van der Waals surface area contributed by atoms with Crippen LogP contribution in [0, 0.1) is 5.92 Å². The van der Waals surface area contributed by atoms with Crippen molar-refractivity contribution in [1.29, 1.82) is 0 Å². The van der Waals surface area contributed by atoms with Crippen LogP contribution in [0.2, 0.25) is 0 Å². The predicted octanol–water partition coefficient (Wildman–Crippen LogP) is 3.10. The highest BCUT2D eigenvalue weighted by molar-refractivity contribution is 6.00. The fourth-order valence-corrected chi connectivity index (χ4v) is 3.52. The van der Waals surface area contributed by atoms with E-state index in [4.69, 9.17) is 19.6 Å². The van der Waals surface area contributed by atoms with Gasteiger partial charge in [-0.2, -0.15) is 0 Å². The third-order valence-electron chi connectivity index (χ3n) is 5.71. The highest BCUT2D eigenvalue weighted by Gasteiger charge is 2.43. The second-order valence-electron chi connectivity index (χ2n) is 8.48. The smallest absolute Gasteiger partial charge is 0.266 e. The summed E-state index contributed by atoms with van der Waals surface area (Å²) in [6, 6.07) is 17.4. The summed E-state index contributed by atoms with van der Waals surface area (Å²) in [5, 5.41) is 8.88. The number of aliphatic hydroxyl groups excluding tert-OH is 1. The lowest BCUT2D eigenvalue weighted by molar-refractivity contribution is -0.127. The van der Waals surface area contributed by atoms with Gasteiger partial charge in [0.15, 0.2) is 5.54 Å². The van der Waals surface area contributed by atoms with E-state index in [9.17, 15) is 4.79 Å². The normalized spacial score (nSPS) is 19.8. The van der Waals surface area contributed by atoms with Crippen molar-refractivity contribution in [3.8, 4) is 5.75 Å². The fraction of sp³-hybridized carbons (Fsp3) is 0.385. The van der Waals surface area contributed by atoms with Crippen molar-refractivity contribution in [2.24, 2.45) is 10.9 Å². The highest BCUT2D eigenvalue weighted by Crippen LogP contribution is 2.29. The third-order valence-corrected chi connectivity index (χ3v) is 5.71. The van der Waals surface area contributed by atoms with Crippen LogP contribution in [-0.4, -0.2) is 48.8 Å². The Labute approximate surface area is 194 Å². The van der Waals surface area contributed by atoms with Gasteiger partial charge in [0.2, 0.25) is 5.90 Å². The molecular weight excluding hydrogens is 418 g/mol. The fourth-order valence-electron chi connectivity index (χ4n) is 3.52. The summed E-state index contributed by atoms with van der Waals surface area (Å²) >= 11 is 0. The van der Waals surface area contributed by atoms with Crippen molar-refractivity contribution in [2.45, 2.75) is 31.2 Å². The molecule has 7 nitrogen and oxygen atoms in total. The molecule has 174 valence electrons. The van der Waals surface area contributed by atoms with Crippen molar-refractivity contribution >= 4 is 17.9 Å². The first kappa shape index (κ1) is 23.0. The lowest BCUT2D eigenvalue weighted by atomic mass is 9.95. The maximum Gasteiger partial charge on any atom is 0.266 e. The SMILES string of the molecule is O=C(NNCC1CC1)[C@]1(C/C=C/c2ccccc2)COC(c2ccc(OCCCO)cc2)=N1. The minimum Gasteiger partial charge on any atom is -0.494 e. The van der Waals surface area contributed by atoms with Gasteiger partial charge >= 0.3 is 0 Å². The average Bonchev–Trinajstić information content (AvgIpc) is 3.57. The Morgan fingerprint density at radius 3 is 2.70 bits per heavy atom. The molecule has 0 bridgehead atoms. The molecule has 7 heteroatoms. The lowest BCUT2D eigenvalue weighted by Crippen LogP contribution is -2.51. The molecule has 3 N–H and O–H groups in total. The van der Waals surface area contributed by atoms with Crippen LogP contribution in [0.3, 0.4) is 0 Å². The quantitative estimate of drug-likeness (QED) is 0.342. The highest BCUT2D eigenvalue weighted by atomic mass is 16.5. The molecule has 0 saturated heterocycles. The monoisotopic (exact) mass is 449 g/mol. The number of hydrogen-bond donors (Lipinski definition) is 3. The molecule has 1 atom stereocenters. The van der Waals surface area contributed by atoms with Crippen molar-refractivity contribution < 1.29 is 19.4 Å². The van der Waals surface area contributed by atoms with Crippen LogP contribution in [0.5, 0.6) is 5.75 Å². The Bertz CT molecular complexity index is 971. The van der Waals surface area contributed by atoms with Crippen LogP contribution in [0.4, 0.5) is 0 Å². The Kier molecular flexibility index (Phi) is 7.75. The number of hydrogen-bond acceptors (Lipinski definition) is 6. The maximum atomic E-state index is 13.2. The standard InChI is InChI=1S/C26H31N3O4/c30-16-5-17-32-23-13-11-22(12-14-23)24-28-26(19-33-24,25(31)29-27-18-21-9-10-21)15-4-8-20-6-2-1-3-7-20/h1-4,6-8,11-14,21,27,30H,5,9-10,15-19H2,(H,29,31)/b8-4+/t26-/m0/s1. The van der Waals surface area contributed by atoms with Crippen LogP contribution in [-0.2, 0) is 9.53 Å². The largest absolute Gasteiger partial charge is 0.494 e. The Balaban J connectivity index is 1.47. The first-order chi connectivity index (χ1) is 16.2. The summed E-state index contributed by atoms with van der Waals surface area (Å²) in [6.45, 7) is 1.50. The molecule has 1 saturated carbocycles. The van der Waals surface area contributed by atoms with Crippen LogP contribution in [0.15, 0.2) is 65.7 Å². The van der Waals surface area contributed by atoms with Gasteiger partial charge in [-0.1, -0.05) is 42.5 Å². The van der Waals surface area contributed by atoms with Gasteiger partial charge in [-0.25, -0.2) is 10.4 Å². The molecule has 2 aliphatic rings. The van der Waals surface area contributed by atoms with Crippen molar-refractivity contribution in [1.82, 2.24) is 10.9 Å². The lowest BCUT2D eigenvalue weighted by Gasteiger charge is -2.21. The average molecular weight is 450 g/mol. The van der Waals surface area contributed by atoms with Gasteiger partial charge in [0, 0.05) is 31.6 Å². The number of aliphatic hydroxyl groups is 1. The van der Waals surface area contributed by atoms with E-state index in [0.717, 1.165) is 17.7 Å². The molecule has 1 heterocycles. The molecule has 2 aromatic carbocycles. The van der Waals surface area contributed by atoms with Crippen LogP contribution in [0.25, 0.3) is 6.08 Å². The molecule has 1 aliphatic carbocycles. The van der Waals surface area contributed by atoms with E-state index >= 15 is 0 Å². The van der Waals surface area contributed by atoms with E-state index < -0.39 is 5.54 Å². The number of carbonyl (C=O) groups excluding carboxylic acids is 1. The second-order valence-corrected chi connectivity index (χ2v) is 8.48. The minimum atomic E-state index is -1.03. The van der Waals surface area contributed by atoms with Gasteiger partial charge in [0.25, 0.3) is 5.91 Å². The molecule has 0 aromatic heterocycles. The number of amides is 1. The van der Waals surface area contributed by atoms with E-state index in [1.54, 1.807) is 0 Å². The number of benzene rings is 2. The van der Waals surface area contributed by atoms with Gasteiger partial charge in [-0.05, 0) is 48.6 Å². The predicted molar refractivity (Wildman–Crippen MR) is 128 cm³/mol. The van der Waals surface area contributed by atoms with Gasteiger partial charge in [-0.3, -0.25) is 10.2 Å². The summed E-state index contributed by atoms with van der Waals surface area (Å²) < 4.78 is 11.5. The first-order valence-corrected chi connectivity index (χ1v) is 11.5. The number of hydrazine groups is 1. The van der Waals surface area contributed by atoms with Crippen LogP contribution in [0.1, 0.15) is 36.8 Å². The molecule has 1 fully saturated rings. The van der Waals surface area contributed by atoms with Gasteiger partial charge in [0.1, 0.15) is 12.4 Å². The van der Waals surface area contributed by atoms with Crippen molar-refractivity contribution in [3.63, 3.8) is 0 Å². The summed E-state index contributed by atoms with van der Waals surface area (Å²) in [7, 11) is 0. The Morgan fingerprint density at radius 2 is 1.97 bits per heavy atom. The van der Waals surface area contributed by atoms with Gasteiger partial charge in [0.05, 0.1) is 6.61 Å². The second kappa shape index (κ2) is 11.1. The van der Waals surface area contributed by atoms with Crippen molar-refractivity contribution in [2.75, 3.05) is 26.4 Å².